The molecule has 3 rings (SSSR count). The smallest absolute Gasteiger partial charge is 0.313 e. The SMILES string of the molecule is COc1ccc(CCNC(=O)C(=O)Nc2ccccc2C(=O)NCCc2ccccc2)cc1. The molecule has 3 aromatic carbocycles. The third kappa shape index (κ3) is 7.21. The van der Waals surface area contributed by atoms with Gasteiger partial charge in [0, 0.05) is 13.1 Å². The third-order valence-electron chi connectivity index (χ3n) is 5.03. The van der Waals surface area contributed by atoms with Crippen LogP contribution in [0.1, 0.15) is 21.5 Å². The molecule has 0 aliphatic rings. The molecule has 33 heavy (non-hydrogen) atoms. The Bertz CT molecular complexity index is 1080. The molecule has 0 aliphatic carbocycles. The number of carbonyl (C=O) groups excluding carboxylic acids is 3. The van der Waals surface area contributed by atoms with Gasteiger partial charge in [-0.1, -0.05) is 54.6 Å². The highest BCUT2D eigenvalue weighted by Gasteiger charge is 2.17. The topological polar surface area (TPSA) is 96.5 Å². The van der Waals surface area contributed by atoms with E-state index in [1.54, 1.807) is 31.4 Å². The van der Waals surface area contributed by atoms with E-state index in [1.807, 2.05) is 54.6 Å². The molecule has 0 saturated carbocycles. The summed E-state index contributed by atoms with van der Waals surface area (Å²) in [5, 5.41) is 7.98. The first-order valence-electron chi connectivity index (χ1n) is 10.7. The molecule has 0 aromatic heterocycles. The highest BCUT2D eigenvalue weighted by molar-refractivity contribution is 6.40. The summed E-state index contributed by atoms with van der Waals surface area (Å²) in [4.78, 5) is 37.2. The van der Waals surface area contributed by atoms with E-state index in [4.69, 9.17) is 4.74 Å². The minimum absolute atomic E-state index is 0.282. The largest absolute Gasteiger partial charge is 0.497 e. The molecule has 0 unspecified atom stereocenters. The zero-order valence-electron chi connectivity index (χ0n) is 18.5. The number of carbonyl (C=O) groups is 3. The van der Waals surface area contributed by atoms with Crippen LogP contribution in [0, 0.1) is 0 Å². The Labute approximate surface area is 193 Å². The van der Waals surface area contributed by atoms with Crippen molar-refractivity contribution in [2.75, 3.05) is 25.5 Å². The third-order valence-corrected chi connectivity index (χ3v) is 5.03. The molecule has 0 bridgehead atoms. The van der Waals surface area contributed by atoms with Crippen LogP contribution in [0.3, 0.4) is 0 Å². The van der Waals surface area contributed by atoms with Crippen molar-refractivity contribution in [2.24, 2.45) is 0 Å². The summed E-state index contributed by atoms with van der Waals surface area (Å²) < 4.78 is 5.12. The van der Waals surface area contributed by atoms with Crippen LogP contribution in [0.15, 0.2) is 78.9 Å². The number of nitrogens with one attached hydrogen (secondary N) is 3. The summed E-state index contributed by atoms with van der Waals surface area (Å²) in [6.45, 7) is 0.761. The summed E-state index contributed by atoms with van der Waals surface area (Å²) in [6.07, 6.45) is 1.27. The maximum Gasteiger partial charge on any atom is 0.313 e. The Balaban J connectivity index is 1.49. The fourth-order valence-electron chi connectivity index (χ4n) is 3.22. The first-order valence-corrected chi connectivity index (χ1v) is 10.7. The van der Waals surface area contributed by atoms with Gasteiger partial charge in [-0.15, -0.1) is 0 Å². The van der Waals surface area contributed by atoms with Crippen molar-refractivity contribution in [1.82, 2.24) is 10.6 Å². The average molecular weight is 446 g/mol. The molecule has 0 saturated heterocycles. The van der Waals surface area contributed by atoms with Gasteiger partial charge >= 0.3 is 11.8 Å². The van der Waals surface area contributed by atoms with E-state index in [1.165, 1.54) is 0 Å². The monoisotopic (exact) mass is 445 g/mol. The van der Waals surface area contributed by atoms with E-state index in [-0.39, 0.29) is 11.6 Å². The summed E-state index contributed by atoms with van der Waals surface area (Å²) in [5.41, 5.74) is 2.70. The Hall–Kier alpha value is -4.13. The highest BCUT2D eigenvalue weighted by atomic mass is 16.5. The van der Waals surface area contributed by atoms with E-state index in [2.05, 4.69) is 16.0 Å². The molecule has 0 radical (unpaired) electrons. The zero-order valence-corrected chi connectivity index (χ0v) is 18.5. The molecule has 0 fully saturated rings. The van der Waals surface area contributed by atoms with Crippen molar-refractivity contribution < 1.29 is 19.1 Å². The second-order valence-corrected chi connectivity index (χ2v) is 7.35. The van der Waals surface area contributed by atoms with Crippen LogP contribution < -0.4 is 20.7 Å². The van der Waals surface area contributed by atoms with Gasteiger partial charge in [-0.2, -0.15) is 0 Å². The number of benzene rings is 3. The lowest BCUT2D eigenvalue weighted by atomic mass is 10.1. The fraction of sp³-hybridized carbons (Fsp3) is 0.192. The summed E-state index contributed by atoms with van der Waals surface area (Å²) in [5.74, 6) is -1.15. The Kier molecular flexibility index (Phi) is 8.59. The van der Waals surface area contributed by atoms with Gasteiger partial charge in [0.05, 0.1) is 18.4 Å². The predicted octanol–water partition coefficient (Wildman–Crippen LogP) is 2.97. The van der Waals surface area contributed by atoms with E-state index in [9.17, 15) is 14.4 Å². The molecule has 3 aromatic rings. The van der Waals surface area contributed by atoms with Crippen LogP contribution in [-0.2, 0) is 22.4 Å². The first-order chi connectivity index (χ1) is 16.1. The molecule has 7 nitrogen and oxygen atoms in total. The molecular formula is C26H27N3O4. The first kappa shape index (κ1) is 23.5. The van der Waals surface area contributed by atoms with Gasteiger partial charge in [0.25, 0.3) is 5.91 Å². The molecular weight excluding hydrogens is 418 g/mol. The molecule has 0 aliphatic heterocycles. The minimum atomic E-state index is -0.825. The van der Waals surface area contributed by atoms with E-state index >= 15 is 0 Å². The minimum Gasteiger partial charge on any atom is -0.497 e. The van der Waals surface area contributed by atoms with Crippen LogP contribution in [0.4, 0.5) is 5.69 Å². The number of rotatable bonds is 9. The van der Waals surface area contributed by atoms with Crippen LogP contribution in [0.5, 0.6) is 5.75 Å². The van der Waals surface area contributed by atoms with Crippen LogP contribution in [-0.4, -0.2) is 37.9 Å². The average Bonchev–Trinajstić information content (AvgIpc) is 2.85. The zero-order chi connectivity index (χ0) is 23.5. The van der Waals surface area contributed by atoms with Gasteiger partial charge in [-0.3, -0.25) is 14.4 Å². The molecule has 0 spiro atoms. The molecule has 3 N–H and O–H groups in total. The Morgan fingerprint density at radius 2 is 1.30 bits per heavy atom. The summed E-state index contributed by atoms with van der Waals surface area (Å²) in [7, 11) is 1.60. The van der Waals surface area contributed by atoms with Gasteiger partial charge in [-0.25, -0.2) is 0 Å². The maximum atomic E-state index is 12.6. The van der Waals surface area contributed by atoms with Crippen molar-refractivity contribution in [3.8, 4) is 5.75 Å². The predicted molar refractivity (Wildman–Crippen MR) is 127 cm³/mol. The van der Waals surface area contributed by atoms with E-state index in [0.29, 0.717) is 31.5 Å². The van der Waals surface area contributed by atoms with Crippen molar-refractivity contribution in [2.45, 2.75) is 12.8 Å². The van der Waals surface area contributed by atoms with Gasteiger partial charge in [0.1, 0.15) is 5.75 Å². The van der Waals surface area contributed by atoms with Crippen molar-refractivity contribution >= 4 is 23.4 Å². The number of amides is 3. The molecule has 3 amide bonds. The number of anilines is 1. The van der Waals surface area contributed by atoms with E-state index < -0.39 is 11.8 Å². The standard InChI is InChI=1S/C26H27N3O4/c1-33-21-13-11-20(12-14-21)16-18-28-25(31)26(32)29-23-10-6-5-9-22(23)24(30)27-17-15-19-7-3-2-4-8-19/h2-14H,15-18H2,1H3,(H,27,30)(H,28,31)(H,29,32). The second kappa shape index (κ2) is 12.0. The van der Waals surface area contributed by atoms with Gasteiger partial charge < -0.3 is 20.7 Å². The summed E-state index contributed by atoms with van der Waals surface area (Å²) >= 11 is 0. The molecule has 170 valence electrons. The summed E-state index contributed by atoms with van der Waals surface area (Å²) in [6, 6.07) is 23.9. The fourth-order valence-corrected chi connectivity index (χ4v) is 3.22. The number of para-hydroxylation sites is 1. The number of methoxy groups -OCH3 is 1. The Morgan fingerprint density at radius 1 is 0.697 bits per heavy atom. The Morgan fingerprint density at radius 3 is 2.00 bits per heavy atom. The van der Waals surface area contributed by atoms with Crippen LogP contribution in [0.2, 0.25) is 0 Å². The van der Waals surface area contributed by atoms with Crippen molar-refractivity contribution in [3.63, 3.8) is 0 Å². The number of ether oxygens (including phenoxy) is 1. The lowest BCUT2D eigenvalue weighted by molar-refractivity contribution is -0.136. The number of hydrogen-bond donors (Lipinski definition) is 3. The second-order valence-electron chi connectivity index (χ2n) is 7.35. The number of hydrogen-bond acceptors (Lipinski definition) is 4. The molecule has 0 heterocycles. The highest BCUT2D eigenvalue weighted by Crippen LogP contribution is 2.15. The quantitative estimate of drug-likeness (QED) is 0.441. The van der Waals surface area contributed by atoms with Gasteiger partial charge in [0.15, 0.2) is 0 Å². The molecule has 7 heteroatoms. The van der Waals surface area contributed by atoms with Crippen molar-refractivity contribution in [3.05, 3.63) is 95.6 Å². The van der Waals surface area contributed by atoms with Crippen molar-refractivity contribution in [1.29, 1.82) is 0 Å². The van der Waals surface area contributed by atoms with Gasteiger partial charge in [-0.05, 0) is 48.2 Å². The van der Waals surface area contributed by atoms with Gasteiger partial charge in [0.2, 0.25) is 0 Å². The normalized spacial score (nSPS) is 10.2. The van der Waals surface area contributed by atoms with E-state index in [0.717, 1.165) is 16.9 Å². The van der Waals surface area contributed by atoms with Crippen LogP contribution in [0.25, 0.3) is 0 Å². The lowest BCUT2D eigenvalue weighted by Crippen LogP contribution is -2.37. The molecule has 0 atom stereocenters. The van der Waals surface area contributed by atoms with Crippen LogP contribution >= 0.6 is 0 Å². The maximum absolute atomic E-state index is 12.6. The lowest BCUT2D eigenvalue weighted by Gasteiger charge is -2.12.